The number of nitrogens with two attached hydrogens (primary N) is 2. The summed E-state index contributed by atoms with van der Waals surface area (Å²) in [4.78, 5) is 13.9. The number of aromatic carboxylic acids is 1. The summed E-state index contributed by atoms with van der Waals surface area (Å²) in [5.74, 6) is -2.31. The van der Waals surface area contributed by atoms with Gasteiger partial charge in [0.2, 0.25) is 0 Å². The Kier molecular flexibility index (Phi) is 3.10. The van der Waals surface area contributed by atoms with Crippen LogP contribution in [0.1, 0.15) is 22.1 Å². The predicted molar refractivity (Wildman–Crippen MR) is 47.1 cm³/mol. The summed E-state index contributed by atoms with van der Waals surface area (Å²) < 4.78 is 13.1. The van der Waals surface area contributed by atoms with Crippen LogP contribution < -0.4 is 11.5 Å². The van der Waals surface area contributed by atoms with Crippen molar-refractivity contribution in [1.29, 1.82) is 0 Å². The van der Waals surface area contributed by atoms with Crippen LogP contribution in [0.2, 0.25) is 0 Å². The van der Waals surface area contributed by atoms with Crippen molar-refractivity contribution in [3.63, 3.8) is 0 Å². The molecule has 5 nitrogen and oxygen atoms in total. The average Bonchev–Trinajstić information content (AvgIpc) is 2.15. The van der Waals surface area contributed by atoms with E-state index in [4.69, 9.17) is 16.6 Å². The Morgan fingerprint density at radius 2 is 2.36 bits per heavy atom. The van der Waals surface area contributed by atoms with Crippen LogP contribution in [0.25, 0.3) is 0 Å². The number of carboxylic acid groups (broad SMARTS) is 1. The number of carbonyl (C=O) groups is 1. The highest BCUT2D eigenvalue weighted by molar-refractivity contribution is 5.85. The topological polar surface area (TPSA) is 102 Å². The van der Waals surface area contributed by atoms with Gasteiger partial charge in [-0.15, -0.1) is 0 Å². The quantitative estimate of drug-likeness (QED) is 0.629. The van der Waals surface area contributed by atoms with Gasteiger partial charge in [0.1, 0.15) is 0 Å². The zero-order valence-corrected chi connectivity index (χ0v) is 7.27. The van der Waals surface area contributed by atoms with Gasteiger partial charge in [-0.2, -0.15) is 0 Å². The molecule has 1 aromatic heterocycles. The van der Waals surface area contributed by atoms with E-state index < -0.39 is 23.5 Å². The molecule has 0 bridgehead atoms. The fraction of sp³-hybridized carbons (Fsp3) is 0.250. The number of nitrogens with zero attached hydrogens (tertiary/aromatic N) is 1. The van der Waals surface area contributed by atoms with Crippen molar-refractivity contribution in [2.75, 3.05) is 6.54 Å². The van der Waals surface area contributed by atoms with E-state index in [-0.39, 0.29) is 6.54 Å². The van der Waals surface area contributed by atoms with Gasteiger partial charge in [-0.25, -0.2) is 14.2 Å². The van der Waals surface area contributed by atoms with Gasteiger partial charge in [0, 0.05) is 18.8 Å². The summed E-state index contributed by atoms with van der Waals surface area (Å²) in [5.41, 5.74) is 10.5. The third-order valence-electron chi connectivity index (χ3n) is 1.75. The van der Waals surface area contributed by atoms with Crippen LogP contribution in [0.5, 0.6) is 0 Å². The van der Waals surface area contributed by atoms with Gasteiger partial charge in [0.05, 0.1) is 0 Å². The van der Waals surface area contributed by atoms with Gasteiger partial charge in [-0.3, -0.25) is 0 Å². The number of pyridine rings is 1. The number of hydrogen-bond donors (Lipinski definition) is 3. The van der Waals surface area contributed by atoms with Gasteiger partial charge in [0.15, 0.2) is 11.5 Å². The molecule has 5 N–H and O–H groups in total. The molecule has 6 heteroatoms. The second-order valence-electron chi connectivity index (χ2n) is 2.75. The molecule has 0 aromatic carbocycles. The Balaban J connectivity index is 3.06. The Bertz CT molecular complexity index is 356. The molecular weight excluding hydrogens is 189 g/mol. The number of hydrogen-bond acceptors (Lipinski definition) is 4. The van der Waals surface area contributed by atoms with Gasteiger partial charge >= 0.3 is 5.97 Å². The molecule has 1 heterocycles. The van der Waals surface area contributed by atoms with E-state index in [2.05, 4.69) is 4.98 Å². The second kappa shape index (κ2) is 4.12. The van der Waals surface area contributed by atoms with Crippen LogP contribution in [0.15, 0.2) is 12.3 Å². The minimum atomic E-state index is -1.41. The van der Waals surface area contributed by atoms with Crippen molar-refractivity contribution in [2.24, 2.45) is 11.5 Å². The molecule has 76 valence electrons. The third kappa shape index (κ3) is 2.04. The van der Waals surface area contributed by atoms with Crippen LogP contribution in [-0.4, -0.2) is 22.6 Å². The monoisotopic (exact) mass is 199 g/mol. The number of aromatic nitrogens is 1. The lowest BCUT2D eigenvalue weighted by Crippen LogP contribution is -2.21. The fourth-order valence-corrected chi connectivity index (χ4v) is 0.949. The first-order valence-electron chi connectivity index (χ1n) is 3.90. The maximum atomic E-state index is 13.1. The van der Waals surface area contributed by atoms with Crippen LogP contribution in [0, 0.1) is 5.82 Å². The minimum Gasteiger partial charge on any atom is -0.476 e. The minimum absolute atomic E-state index is 0.146. The van der Waals surface area contributed by atoms with Crippen molar-refractivity contribution < 1.29 is 14.3 Å². The van der Waals surface area contributed by atoms with Gasteiger partial charge in [-0.1, -0.05) is 0 Å². The van der Waals surface area contributed by atoms with E-state index in [1.165, 1.54) is 6.20 Å². The molecule has 0 aliphatic rings. The Morgan fingerprint density at radius 1 is 1.71 bits per heavy atom. The molecule has 1 atom stereocenters. The molecular formula is C8H10FN3O2. The van der Waals surface area contributed by atoms with E-state index in [0.717, 1.165) is 6.07 Å². The van der Waals surface area contributed by atoms with Gasteiger partial charge in [0.25, 0.3) is 0 Å². The standard InChI is InChI=1S/C8H10FN3O2/c9-5-1-4(6(11)2-10)3-12-7(5)8(13)14/h1,3,6H,2,10-11H2,(H,13,14)/t6-/m1/s1. The molecule has 1 aromatic rings. The molecule has 0 fully saturated rings. The molecule has 0 unspecified atom stereocenters. The van der Waals surface area contributed by atoms with E-state index in [1.54, 1.807) is 0 Å². The van der Waals surface area contributed by atoms with E-state index >= 15 is 0 Å². The normalized spacial score (nSPS) is 12.5. The molecule has 0 aliphatic carbocycles. The summed E-state index contributed by atoms with van der Waals surface area (Å²) in [6.07, 6.45) is 1.21. The lowest BCUT2D eigenvalue weighted by molar-refractivity contribution is 0.0685. The van der Waals surface area contributed by atoms with Gasteiger partial charge in [-0.05, 0) is 11.6 Å². The number of rotatable bonds is 3. The highest BCUT2D eigenvalue weighted by atomic mass is 19.1. The van der Waals surface area contributed by atoms with Crippen molar-refractivity contribution in [2.45, 2.75) is 6.04 Å². The highest BCUT2D eigenvalue weighted by Crippen LogP contribution is 2.12. The SMILES string of the molecule is NC[C@@H](N)c1cnc(C(=O)O)c(F)c1. The molecule has 0 saturated carbocycles. The molecule has 14 heavy (non-hydrogen) atoms. The van der Waals surface area contributed by atoms with E-state index in [9.17, 15) is 9.18 Å². The molecule has 0 spiro atoms. The third-order valence-corrected chi connectivity index (χ3v) is 1.75. The summed E-state index contributed by atoms with van der Waals surface area (Å²) >= 11 is 0. The zero-order chi connectivity index (χ0) is 10.7. The Labute approximate surface area is 79.5 Å². The van der Waals surface area contributed by atoms with Crippen molar-refractivity contribution in [3.05, 3.63) is 29.3 Å². The summed E-state index contributed by atoms with van der Waals surface area (Å²) in [7, 11) is 0. The predicted octanol–water partition coefficient (Wildman–Crippen LogP) is -0.123. The molecule has 0 aliphatic heterocycles. The zero-order valence-electron chi connectivity index (χ0n) is 7.27. The maximum absolute atomic E-state index is 13.1. The smallest absolute Gasteiger partial charge is 0.357 e. The fourth-order valence-electron chi connectivity index (χ4n) is 0.949. The summed E-state index contributed by atoms with van der Waals surface area (Å²) in [6.45, 7) is 0.146. The lowest BCUT2D eigenvalue weighted by Gasteiger charge is -2.08. The van der Waals surface area contributed by atoms with E-state index in [1.807, 2.05) is 0 Å². The van der Waals surface area contributed by atoms with Crippen molar-refractivity contribution in [1.82, 2.24) is 4.98 Å². The van der Waals surface area contributed by atoms with Crippen LogP contribution in [-0.2, 0) is 0 Å². The van der Waals surface area contributed by atoms with Crippen molar-refractivity contribution >= 4 is 5.97 Å². The largest absolute Gasteiger partial charge is 0.476 e. The maximum Gasteiger partial charge on any atom is 0.357 e. The van der Waals surface area contributed by atoms with Gasteiger partial charge < -0.3 is 16.6 Å². The van der Waals surface area contributed by atoms with Crippen molar-refractivity contribution in [3.8, 4) is 0 Å². The number of carboxylic acids is 1. The molecule has 0 radical (unpaired) electrons. The lowest BCUT2D eigenvalue weighted by atomic mass is 10.1. The molecule has 0 amide bonds. The van der Waals surface area contributed by atoms with Crippen LogP contribution >= 0.6 is 0 Å². The Morgan fingerprint density at radius 3 is 2.79 bits per heavy atom. The first-order chi connectivity index (χ1) is 6.56. The average molecular weight is 199 g/mol. The van der Waals surface area contributed by atoms with E-state index in [0.29, 0.717) is 5.56 Å². The summed E-state index contributed by atoms with van der Waals surface area (Å²) in [6, 6.07) is 0.508. The highest BCUT2D eigenvalue weighted by Gasteiger charge is 2.14. The molecule has 0 saturated heterocycles. The van der Waals surface area contributed by atoms with Crippen LogP contribution in [0.3, 0.4) is 0 Å². The Hall–Kier alpha value is -1.53. The first-order valence-corrected chi connectivity index (χ1v) is 3.90. The summed E-state index contributed by atoms with van der Waals surface area (Å²) in [5, 5.41) is 8.49. The second-order valence-corrected chi connectivity index (χ2v) is 2.75. The first kappa shape index (κ1) is 10.6. The molecule has 1 rings (SSSR count). The van der Waals surface area contributed by atoms with Crippen LogP contribution in [0.4, 0.5) is 4.39 Å². The number of halogens is 1.